The molecule has 2 aliphatic rings. The lowest BCUT2D eigenvalue weighted by Gasteiger charge is -2.46. The molecular weight excluding hydrogens is 210 g/mol. The van der Waals surface area contributed by atoms with E-state index in [1.165, 1.54) is 19.3 Å². The van der Waals surface area contributed by atoms with Crippen molar-refractivity contribution in [3.8, 4) is 0 Å². The summed E-state index contributed by atoms with van der Waals surface area (Å²) in [5.74, 6) is 0.420. The van der Waals surface area contributed by atoms with Crippen molar-refractivity contribution < 1.29 is 5.11 Å². The van der Waals surface area contributed by atoms with Crippen LogP contribution in [0.3, 0.4) is 0 Å². The van der Waals surface area contributed by atoms with E-state index in [2.05, 4.69) is 24.1 Å². The minimum absolute atomic E-state index is 0.420. The van der Waals surface area contributed by atoms with Crippen molar-refractivity contribution in [2.24, 2.45) is 5.92 Å². The first-order valence-corrected chi connectivity index (χ1v) is 6.70. The molecule has 1 saturated carbocycles. The lowest BCUT2D eigenvalue weighted by molar-refractivity contribution is -0.0901. The van der Waals surface area contributed by atoms with Crippen LogP contribution in [0.5, 0.6) is 0 Å². The maximum absolute atomic E-state index is 11.1. The van der Waals surface area contributed by atoms with Crippen molar-refractivity contribution in [1.29, 1.82) is 0 Å². The molecule has 1 N–H and O–H groups in total. The van der Waals surface area contributed by atoms with Crippen LogP contribution in [-0.2, 0) is 5.60 Å². The highest BCUT2D eigenvalue weighted by Crippen LogP contribution is 2.47. The van der Waals surface area contributed by atoms with E-state index in [0.717, 1.165) is 18.5 Å². The van der Waals surface area contributed by atoms with Crippen LogP contribution < -0.4 is 0 Å². The van der Waals surface area contributed by atoms with Crippen molar-refractivity contribution in [1.82, 2.24) is 4.90 Å². The molecular formula is C15H21NO. The molecule has 1 saturated heterocycles. The summed E-state index contributed by atoms with van der Waals surface area (Å²) in [4.78, 5) is 2.44. The molecule has 1 heterocycles. The first-order chi connectivity index (χ1) is 8.22. The molecule has 1 aliphatic heterocycles. The summed E-state index contributed by atoms with van der Waals surface area (Å²) in [6.45, 7) is 1.01. The van der Waals surface area contributed by atoms with Gasteiger partial charge in [-0.25, -0.2) is 0 Å². The van der Waals surface area contributed by atoms with Gasteiger partial charge >= 0.3 is 0 Å². The number of fused-ring (bicyclic) bond motifs is 1. The van der Waals surface area contributed by atoms with Crippen molar-refractivity contribution in [2.75, 3.05) is 13.6 Å². The van der Waals surface area contributed by atoms with E-state index >= 15 is 0 Å². The molecule has 0 radical (unpaired) electrons. The first-order valence-electron chi connectivity index (χ1n) is 6.70. The normalized spacial score (nSPS) is 38.0. The molecule has 2 heteroatoms. The van der Waals surface area contributed by atoms with E-state index in [-0.39, 0.29) is 0 Å². The monoisotopic (exact) mass is 231 g/mol. The predicted molar refractivity (Wildman–Crippen MR) is 68.7 cm³/mol. The van der Waals surface area contributed by atoms with Gasteiger partial charge in [-0.1, -0.05) is 36.8 Å². The van der Waals surface area contributed by atoms with E-state index in [9.17, 15) is 5.11 Å². The van der Waals surface area contributed by atoms with Gasteiger partial charge in [0.25, 0.3) is 0 Å². The van der Waals surface area contributed by atoms with Gasteiger partial charge in [0.2, 0.25) is 0 Å². The SMILES string of the molecule is CN1CC[C@](O)(c2ccccc2)[C@H]2CCC[C@H]21. The standard InChI is InChI=1S/C15H21NO/c1-16-11-10-15(17,12-6-3-2-4-7-12)13-8-5-9-14(13)16/h2-4,6-7,13-14,17H,5,8-11H2,1H3/t13-,14+,15-/m0/s1. The smallest absolute Gasteiger partial charge is 0.0951 e. The summed E-state index contributed by atoms with van der Waals surface area (Å²) in [6.07, 6.45) is 4.54. The van der Waals surface area contributed by atoms with Crippen molar-refractivity contribution in [2.45, 2.75) is 37.3 Å². The van der Waals surface area contributed by atoms with E-state index < -0.39 is 5.60 Å². The molecule has 1 aliphatic carbocycles. The molecule has 0 aromatic heterocycles. The van der Waals surface area contributed by atoms with E-state index in [0.29, 0.717) is 12.0 Å². The Morgan fingerprint density at radius 1 is 1.24 bits per heavy atom. The summed E-state index contributed by atoms with van der Waals surface area (Å²) < 4.78 is 0. The van der Waals surface area contributed by atoms with Crippen molar-refractivity contribution >= 4 is 0 Å². The maximum Gasteiger partial charge on any atom is 0.0951 e. The third-order valence-corrected chi connectivity index (χ3v) is 4.78. The summed E-state index contributed by atoms with van der Waals surface area (Å²) in [7, 11) is 2.20. The second-order valence-corrected chi connectivity index (χ2v) is 5.63. The Balaban J connectivity index is 1.97. The number of aliphatic hydroxyl groups is 1. The topological polar surface area (TPSA) is 23.5 Å². The Morgan fingerprint density at radius 3 is 2.76 bits per heavy atom. The number of nitrogens with zero attached hydrogens (tertiary/aromatic N) is 1. The summed E-state index contributed by atoms with van der Waals surface area (Å²) >= 11 is 0. The minimum Gasteiger partial charge on any atom is -0.385 e. The number of likely N-dealkylation sites (tertiary alicyclic amines) is 1. The highest BCUT2D eigenvalue weighted by atomic mass is 16.3. The summed E-state index contributed by atoms with van der Waals surface area (Å²) in [6, 6.07) is 10.8. The summed E-state index contributed by atoms with van der Waals surface area (Å²) in [5, 5.41) is 11.1. The molecule has 0 unspecified atom stereocenters. The zero-order chi connectivity index (χ0) is 11.9. The average molecular weight is 231 g/mol. The second kappa shape index (κ2) is 4.11. The fourth-order valence-corrected chi connectivity index (χ4v) is 3.81. The van der Waals surface area contributed by atoms with Crippen LogP contribution >= 0.6 is 0 Å². The lowest BCUT2D eigenvalue weighted by atomic mass is 9.73. The lowest BCUT2D eigenvalue weighted by Crippen LogP contribution is -2.52. The Kier molecular flexibility index (Phi) is 2.72. The van der Waals surface area contributed by atoms with Gasteiger partial charge in [-0.05, 0) is 31.9 Å². The van der Waals surface area contributed by atoms with E-state index in [4.69, 9.17) is 0 Å². The molecule has 1 aromatic rings. The second-order valence-electron chi connectivity index (χ2n) is 5.63. The molecule has 17 heavy (non-hydrogen) atoms. The van der Waals surface area contributed by atoms with Crippen LogP contribution in [-0.4, -0.2) is 29.6 Å². The van der Waals surface area contributed by atoms with Gasteiger partial charge in [0.1, 0.15) is 0 Å². The molecule has 0 spiro atoms. The van der Waals surface area contributed by atoms with Crippen LogP contribution in [0, 0.1) is 5.92 Å². The molecule has 0 amide bonds. The molecule has 2 fully saturated rings. The van der Waals surface area contributed by atoms with Gasteiger partial charge in [0, 0.05) is 18.5 Å². The summed E-state index contributed by atoms with van der Waals surface area (Å²) in [5.41, 5.74) is 0.527. The highest BCUT2D eigenvalue weighted by molar-refractivity contribution is 5.25. The molecule has 3 atom stereocenters. The van der Waals surface area contributed by atoms with Gasteiger partial charge in [-0.15, -0.1) is 0 Å². The third-order valence-electron chi connectivity index (χ3n) is 4.78. The Labute approximate surface area is 103 Å². The minimum atomic E-state index is -0.588. The first kappa shape index (κ1) is 11.2. The zero-order valence-electron chi connectivity index (χ0n) is 10.5. The van der Waals surface area contributed by atoms with Gasteiger partial charge in [0.15, 0.2) is 0 Å². The fourth-order valence-electron chi connectivity index (χ4n) is 3.81. The highest BCUT2D eigenvalue weighted by Gasteiger charge is 2.49. The van der Waals surface area contributed by atoms with Gasteiger partial charge in [-0.3, -0.25) is 0 Å². The van der Waals surface area contributed by atoms with Crippen LogP contribution in [0.1, 0.15) is 31.2 Å². The molecule has 92 valence electrons. The van der Waals surface area contributed by atoms with Gasteiger partial charge in [-0.2, -0.15) is 0 Å². The van der Waals surface area contributed by atoms with E-state index in [1.807, 2.05) is 18.2 Å². The molecule has 2 nitrogen and oxygen atoms in total. The zero-order valence-corrected chi connectivity index (χ0v) is 10.5. The van der Waals surface area contributed by atoms with Gasteiger partial charge < -0.3 is 10.0 Å². The number of hydrogen-bond donors (Lipinski definition) is 1. The van der Waals surface area contributed by atoms with E-state index in [1.54, 1.807) is 0 Å². The Bertz CT molecular complexity index is 391. The number of rotatable bonds is 1. The quantitative estimate of drug-likeness (QED) is 0.802. The molecule has 1 aromatic carbocycles. The van der Waals surface area contributed by atoms with Crippen LogP contribution in [0.2, 0.25) is 0 Å². The van der Waals surface area contributed by atoms with Gasteiger partial charge in [0.05, 0.1) is 5.60 Å². The third kappa shape index (κ3) is 1.71. The van der Waals surface area contributed by atoms with Crippen molar-refractivity contribution in [3.63, 3.8) is 0 Å². The maximum atomic E-state index is 11.1. The average Bonchev–Trinajstić information content (AvgIpc) is 2.86. The molecule has 3 rings (SSSR count). The van der Waals surface area contributed by atoms with Crippen LogP contribution in [0.4, 0.5) is 0 Å². The molecule has 0 bridgehead atoms. The van der Waals surface area contributed by atoms with Crippen LogP contribution in [0.25, 0.3) is 0 Å². The number of hydrogen-bond acceptors (Lipinski definition) is 2. The fraction of sp³-hybridized carbons (Fsp3) is 0.600. The Hall–Kier alpha value is -0.860. The van der Waals surface area contributed by atoms with Crippen molar-refractivity contribution in [3.05, 3.63) is 35.9 Å². The van der Waals surface area contributed by atoms with Crippen LogP contribution in [0.15, 0.2) is 30.3 Å². The Morgan fingerprint density at radius 2 is 2.00 bits per heavy atom. The largest absolute Gasteiger partial charge is 0.385 e. The predicted octanol–water partition coefficient (Wildman–Crippen LogP) is 2.38. The number of piperidine rings is 1. The number of benzene rings is 1.